The van der Waals surface area contributed by atoms with Crippen molar-refractivity contribution >= 4 is 5.91 Å². The van der Waals surface area contributed by atoms with Gasteiger partial charge in [0.1, 0.15) is 12.2 Å². The quantitative estimate of drug-likeness (QED) is 0.814. The molecule has 3 atom stereocenters. The molecule has 1 saturated heterocycles. The number of hydrogen-bond acceptors (Lipinski definition) is 3. The highest BCUT2D eigenvalue weighted by molar-refractivity contribution is 5.84. The Balaban J connectivity index is 1.90. The van der Waals surface area contributed by atoms with Crippen molar-refractivity contribution in [2.45, 2.75) is 62.0 Å². The first-order valence-corrected chi connectivity index (χ1v) is 8.96. The number of carbonyl (C=O) groups excluding carboxylic acids is 1. The molecule has 1 aromatic carbocycles. The number of hydrogen-bond donors (Lipinski definition) is 1. The fourth-order valence-electron chi connectivity index (χ4n) is 4.34. The molecular weight excluding hydrogens is 362 g/mol. The van der Waals surface area contributed by atoms with E-state index < -0.39 is 41.3 Å². The van der Waals surface area contributed by atoms with E-state index in [2.05, 4.69) is 0 Å². The van der Waals surface area contributed by atoms with Crippen LogP contribution in [0.1, 0.15) is 43.2 Å². The third kappa shape index (κ3) is 3.53. The van der Waals surface area contributed by atoms with Crippen molar-refractivity contribution in [3.05, 3.63) is 35.4 Å². The molecule has 2 fully saturated rings. The second kappa shape index (κ2) is 7.12. The van der Waals surface area contributed by atoms with E-state index in [9.17, 15) is 27.6 Å². The molecule has 3 rings (SSSR count). The van der Waals surface area contributed by atoms with E-state index in [1.165, 1.54) is 17.0 Å². The molecule has 1 amide bonds. The largest absolute Gasteiger partial charge is 0.416 e. The summed E-state index contributed by atoms with van der Waals surface area (Å²) in [4.78, 5) is 14.1. The molecule has 4 nitrogen and oxygen atoms in total. The lowest BCUT2D eigenvalue weighted by atomic mass is 9.72. The van der Waals surface area contributed by atoms with E-state index in [1.54, 1.807) is 0 Å². The second-order valence-corrected chi connectivity index (χ2v) is 7.38. The highest BCUT2D eigenvalue weighted by Crippen LogP contribution is 2.44. The summed E-state index contributed by atoms with van der Waals surface area (Å²) in [5.74, 6) is -0.511. The van der Waals surface area contributed by atoms with Crippen LogP contribution in [-0.2, 0) is 16.4 Å². The van der Waals surface area contributed by atoms with E-state index >= 15 is 0 Å². The van der Waals surface area contributed by atoms with Crippen LogP contribution in [-0.4, -0.2) is 35.6 Å². The first-order valence-electron chi connectivity index (χ1n) is 8.96. The zero-order valence-corrected chi connectivity index (χ0v) is 14.7. The Labute approximate surface area is 154 Å². The van der Waals surface area contributed by atoms with Crippen LogP contribution in [0.5, 0.6) is 0 Å². The third-order valence-corrected chi connectivity index (χ3v) is 5.83. The van der Waals surface area contributed by atoms with Crippen molar-refractivity contribution in [1.29, 1.82) is 5.26 Å². The second-order valence-electron chi connectivity index (χ2n) is 7.38. The minimum absolute atomic E-state index is 0.0394. The predicted octanol–water partition coefficient (Wildman–Crippen LogP) is 3.31. The molecule has 146 valence electrons. The van der Waals surface area contributed by atoms with Gasteiger partial charge in [-0.25, -0.2) is 4.39 Å². The molecule has 2 N–H and O–H groups in total. The van der Waals surface area contributed by atoms with Gasteiger partial charge in [0.05, 0.1) is 24.2 Å². The molecule has 0 bridgehead atoms. The minimum Gasteiger partial charge on any atom is -0.322 e. The maximum absolute atomic E-state index is 13.7. The van der Waals surface area contributed by atoms with E-state index in [4.69, 9.17) is 5.73 Å². The van der Waals surface area contributed by atoms with Crippen LogP contribution >= 0.6 is 0 Å². The molecule has 1 aliphatic carbocycles. The number of alkyl halides is 4. The lowest BCUT2D eigenvalue weighted by molar-refractivity contribution is -0.138. The third-order valence-electron chi connectivity index (χ3n) is 5.83. The summed E-state index contributed by atoms with van der Waals surface area (Å²) in [6, 6.07) is 4.80. The van der Waals surface area contributed by atoms with Crippen molar-refractivity contribution < 1.29 is 22.4 Å². The predicted molar refractivity (Wildman–Crippen MR) is 90.2 cm³/mol. The van der Waals surface area contributed by atoms with Gasteiger partial charge >= 0.3 is 6.18 Å². The number of amides is 1. The van der Waals surface area contributed by atoms with Crippen molar-refractivity contribution in [1.82, 2.24) is 4.90 Å². The maximum Gasteiger partial charge on any atom is 0.416 e. The van der Waals surface area contributed by atoms with Crippen LogP contribution in [0.25, 0.3) is 0 Å². The Hall–Kier alpha value is -2.14. The highest BCUT2D eigenvalue weighted by Gasteiger charge is 2.48. The molecule has 1 unspecified atom stereocenters. The molecular formula is C19H21F4N3O. The molecule has 1 aliphatic heterocycles. The SMILES string of the molecule is N#CC1C[C@H](F)CN1C(=O)[C@@H](N)C1(c2ccc(C(F)(F)F)cc2)CCCC1. The van der Waals surface area contributed by atoms with Crippen molar-refractivity contribution in [2.24, 2.45) is 5.73 Å². The van der Waals surface area contributed by atoms with Gasteiger partial charge in [-0.3, -0.25) is 4.79 Å². The van der Waals surface area contributed by atoms with Gasteiger partial charge in [-0.15, -0.1) is 0 Å². The van der Waals surface area contributed by atoms with Crippen LogP contribution in [0.3, 0.4) is 0 Å². The van der Waals surface area contributed by atoms with Gasteiger partial charge in [-0.05, 0) is 30.5 Å². The zero-order valence-electron chi connectivity index (χ0n) is 14.7. The summed E-state index contributed by atoms with van der Waals surface area (Å²) >= 11 is 0. The summed E-state index contributed by atoms with van der Waals surface area (Å²) in [5, 5.41) is 9.18. The van der Waals surface area contributed by atoms with Gasteiger partial charge in [0.25, 0.3) is 0 Å². The smallest absolute Gasteiger partial charge is 0.322 e. The van der Waals surface area contributed by atoms with Gasteiger partial charge < -0.3 is 10.6 Å². The topological polar surface area (TPSA) is 70.1 Å². The molecule has 0 radical (unpaired) electrons. The molecule has 0 aromatic heterocycles. The molecule has 1 aromatic rings. The summed E-state index contributed by atoms with van der Waals surface area (Å²) in [7, 11) is 0. The number of benzene rings is 1. The lowest BCUT2D eigenvalue weighted by Crippen LogP contribution is -2.55. The number of carbonyl (C=O) groups is 1. The van der Waals surface area contributed by atoms with Crippen LogP contribution in [0.15, 0.2) is 24.3 Å². The van der Waals surface area contributed by atoms with E-state index in [0.29, 0.717) is 18.4 Å². The first-order chi connectivity index (χ1) is 12.7. The number of nitrogens with zero attached hydrogens (tertiary/aromatic N) is 2. The Bertz CT molecular complexity index is 735. The standard InChI is InChI=1S/C19H21F4N3O/c20-14-9-15(10-24)26(11-14)17(27)16(25)18(7-1-2-8-18)12-3-5-13(6-4-12)19(21,22)23/h3-6,14-16H,1-2,7-9,11,25H2/t14-,15?,16+/m0/s1. The fourth-order valence-corrected chi connectivity index (χ4v) is 4.34. The number of rotatable bonds is 3. The Morgan fingerprint density at radius 3 is 2.37 bits per heavy atom. The number of nitriles is 1. The van der Waals surface area contributed by atoms with Gasteiger partial charge in [-0.2, -0.15) is 18.4 Å². The summed E-state index contributed by atoms with van der Waals surface area (Å²) in [6.45, 7) is -0.173. The Morgan fingerprint density at radius 1 is 1.26 bits per heavy atom. The average Bonchev–Trinajstić information content (AvgIpc) is 3.27. The molecule has 1 heterocycles. The fraction of sp³-hybridized carbons (Fsp3) is 0.579. The number of likely N-dealkylation sites (tertiary alicyclic amines) is 1. The van der Waals surface area contributed by atoms with E-state index in [0.717, 1.165) is 25.0 Å². The van der Waals surface area contributed by atoms with Gasteiger partial charge in [-0.1, -0.05) is 25.0 Å². The Kier molecular flexibility index (Phi) is 5.17. The minimum atomic E-state index is -4.44. The summed E-state index contributed by atoms with van der Waals surface area (Å²) < 4.78 is 52.2. The van der Waals surface area contributed by atoms with E-state index in [-0.39, 0.29) is 13.0 Å². The van der Waals surface area contributed by atoms with Crippen LogP contribution < -0.4 is 5.73 Å². The van der Waals surface area contributed by atoms with Crippen LogP contribution in [0.4, 0.5) is 17.6 Å². The average molecular weight is 383 g/mol. The number of halogens is 4. The Morgan fingerprint density at radius 2 is 1.85 bits per heavy atom. The van der Waals surface area contributed by atoms with Gasteiger partial charge in [0.2, 0.25) is 5.91 Å². The summed E-state index contributed by atoms with van der Waals surface area (Å²) in [6.07, 6.45) is -3.01. The molecule has 2 aliphatic rings. The number of nitrogens with two attached hydrogens (primary N) is 1. The lowest BCUT2D eigenvalue weighted by Gasteiger charge is -2.37. The first kappa shape index (κ1) is 19.6. The molecule has 27 heavy (non-hydrogen) atoms. The monoisotopic (exact) mass is 383 g/mol. The van der Waals surface area contributed by atoms with Crippen molar-refractivity contribution in [3.8, 4) is 6.07 Å². The van der Waals surface area contributed by atoms with Crippen molar-refractivity contribution in [2.75, 3.05) is 6.54 Å². The maximum atomic E-state index is 13.7. The summed E-state index contributed by atoms with van der Waals surface area (Å²) in [5.41, 5.74) is 5.34. The van der Waals surface area contributed by atoms with Crippen LogP contribution in [0, 0.1) is 11.3 Å². The zero-order chi connectivity index (χ0) is 19.8. The van der Waals surface area contributed by atoms with Crippen molar-refractivity contribution in [3.63, 3.8) is 0 Å². The van der Waals surface area contributed by atoms with Gasteiger partial charge in [0.15, 0.2) is 0 Å². The van der Waals surface area contributed by atoms with Gasteiger partial charge in [0, 0.05) is 11.8 Å². The van der Waals surface area contributed by atoms with Crippen LogP contribution in [0.2, 0.25) is 0 Å². The molecule has 1 saturated carbocycles. The highest BCUT2D eigenvalue weighted by atomic mass is 19.4. The molecule has 8 heteroatoms. The van der Waals surface area contributed by atoms with E-state index in [1.807, 2.05) is 6.07 Å². The molecule has 0 spiro atoms. The normalized spacial score (nSPS) is 26.0.